The summed E-state index contributed by atoms with van der Waals surface area (Å²) in [6.07, 6.45) is 9.50. The molecule has 1 saturated carbocycles. The molecular formula is C23H34ClN7O3. The number of halogens is 1. The first-order chi connectivity index (χ1) is 16.4. The molecule has 5 rings (SSSR count). The molecule has 1 spiro atoms. The third-order valence-corrected chi connectivity index (χ3v) is 8.10. The number of likely N-dealkylation sites (tertiary alicyclic amines) is 2. The van der Waals surface area contributed by atoms with E-state index in [4.69, 9.17) is 11.6 Å². The Hall–Kier alpha value is -2.17. The number of nitrogens with zero attached hydrogens (tertiary/aromatic N) is 5. The molecule has 4 fully saturated rings. The zero-order valence-electron chi connectivity index (χ0n) is 19.7. The fourth-order valence-corrected chi connectivity index (χ4v) is 6.30. The molecule has 1 aliphatic carbocycles. The second-order valence-electron chi connectivity index (χ2n) is 10.4. The monoisotopic (exact) mass is 491 g/mol. The summed E-state index contributed by atoms with van der Waals surface area (Å²) in [5, 5.41) is 4.83. The lowest BCUT2D eigenvalue weighted by Crippen LogP contribution is -2.76. The van der Waals surface area contributed by atoms with Crippen LogP contribution in [0.3, 0.4) is 0 Å². The maximum absolute atomic E-state index is 13.4. The molecule has 3 amide bonds. The van der Waals surface area contributed by atoms with E-state index < -0.39 is 6.04 Å². The van der Waals surface area contributed by atoms with E-state index in [9.17, 15) is 14.4 Å². The highest BCUT2D eigenvalue weighted by atomic mass is 35.5. The second kappa shape index (κ2) is 9.47. The molecule has 3 aliphatic heterocycles. The maximum Gasteiger partial charge on any atom is 0.330 e. The minimum Gasteiger partial charge on any atom is -0.343 e. The number of imidazole rings is 1. The van der Waals surface area contributed by atoms with Crippen molar-refractivity contribution in [3.05, 3.63) is 17.7 Å². The first-order valence-electron chi connectivity index (χ1n) is 12.4. The van der Waals surface area contributed by atoms with Gasteiger partial charge in [-0.15, -0.1) is 0 Å². The number of amides is 3. The third-order valence-electron chi connectivity index (χ3n) is 7.82. The van der Waals surface area contributed by atoms with Gasteiger partial charge in [0, 0.05) is 57.1 Å². The van der Waals surface area contributed by atoms with Gasteiger partial charge in [-0.3, -0.25) is 19.5 Å². The lowest BCUT2D eigenvalue weighted by Gasteiger charge is -2.62. The Balaban J connectivity index is 1.18. The van der Waals surface area contributed by atoms with Gasteiger partial charge >= 0.3 is 6.03 Å². The summed E-state index contributed by atoms with van der Waals surface area (Å²) < 4.78 is 1.36. The molecule has 10 nitrogen and oxygen atoms in total. The molecule has 0 bridgehead atoms. The number of hydrogen-bond acceptors (Lipinski definition) is 6. The van der Waals surface area contributed by atoms with Crippen molar-refractivity contribution in [1.82, 2.24) is 35.1 Å². The molecule has 4 aliphatic rings. The molecule has 4 heterocycles. The summed E-state index contributed by atoms with van der Waals surface area (Å²) in [4.78, 5) is 46.8. The van der Waals surface area contributed by atoms with E-state index in [2.05, 4.69) is 20.6 Å². The third kappa shape index (κ3) is 4.43. The van der Waals surface area contributed by atoms with Gasteiger partial charge in [-0.2, -0.15) is 0 Å². The topological polar surface area (TPSA) is 103 Å². The first kappa shape index (κ1) is 23.6. The van der Waals surface area contributed by atoms with Gasteiger partial charge in [-0.25, -0.2) is 19.8 Å². The van der Waals surface area contributed by atoms with Gasteiger partial charge in [0.1, 0.15) is 6.04 Å². The van der Waals surface area contributed by atoms with Crippen LogP contribution in [0.5, 0.6) is 0 Å². The van der Waals surface area contributed by atoms with Crippen LogP contribution in [0.1, 0.15) is 45.4 Å². The average Bonchev–Trinajstić information content (AvgIpc) is 3.45. The van der Waals surface area contributed by atoms with E-state index in [1.165, 1.54) is 10.8 Å². The van der Waals surface area contributed by atoms with E-state index in [-0.39, 0.29) is 34.6 Å². The standard InChI is InChI=1S/C23H34ClN7O3/c1-16(20(33)31-10-5-4-8-26-31)27-19(32)18(17-6-2-3-7-17)28-12-23(13-28)14-29(15-23)22(34)30-11-9-25-21(30)24/h9,11,16-18,26H,2-8,10,12-15H2,1H3,(H,27,32). The van der Waals surface area contributed by atoms with Gasteiger partial charge in [0.05, 0.1) is 6.04 Å². The zero-order chi connectivity index (χ0) is 23.9. The number of hydrazine groups is 1. The minimum absolute atomic E-state index is 0.0407. The Morgan fingerprint density at radius 1 is 1.15 bits per heavy atom. The quantitative estimate of drug-likeness (QED) is 0.644. The smallest absolute Gasteiger partial charge is 0.330 e. The second-order valence-corrected chi connectivity index (χ2v) is 10.8. The molecule has 1 aromatic heterocycles. The van der Waals surface area contributed by atoms with Crippen molar-refractivity contribution in [2.45, 2.75) is 57.5 Å². The molecule has 0 aromatic carbocycles. The fraction of sp³-hybridized carbons (Fsp3) is 0.739. The number of carbonyl (C=O) groups is 3. The Morgan fingerprint density at radius 3 is 2.50 bits per heavy atom. The van der Waals surface area contributed by atoms with Gasteiger partial charge in [-0.1, -0.05) is 12.8 Å². The summed E-state index contributed by atoms with van der Waals surface area (Å²) in [7, 11) is 0. The molecular weight excluding hydrogens is 458 g/mol. The highest BCUT2D eigenvalue weighted by Crippen LogP contribution is 2.43. The van der Waals surface area contributed by atoms with Crippen LogP contribution in [0.2, 0.25) is 5.28 Å². The highest BCUT2D eigenvalue weighted by Gasteiger charge is 2.56. The summed E-state index contributed by atoms with van der Waals surface area (Å²) in [6.45, 7) is 6.14. The lowest BCUT2D eigenvalue weighted by atomic mass is 9.71. The van der Waals surface area contributed by atoms with Gasteiger partial charge in [0.25, 0.3) is 5.91 Å². The lowest BCUT2D eigenvalue weighted by molar-refractivity contribution is -0.151. The van der Waals surface area contributed by atoms with Gasteiger partial charge < -0.3 is 10.2 Å². The number of hydrogen-bond donors (Lipinski definition) is 2. The van der Waals surface area contributed by atoms with Crippen LogP contribution in [0, 0.1) is 11.3 Å². The molecule has 186 valence electrons. The fourth-order valence-electron chi connectivity index (χ4n) is 6.11. The molecule has 1 aromatic rings. The first-order valence-corrected chi connectivity index (χ1v) is 12.8. The minimum atomic E-state index is -0.561. The molecule has 0 radical (unpaired) electrons. The predicted octanol–water partition coefficient (Wildman–Crippen LogP) is 1.31. The SMILES string of the molecule is CC(NC(=O)C(C1CCCC1)N1CC2(CN(C(=O)n3ccnc3Cl)C2)C1)C(=O)N1CCCCN1. The maximum atomic E-state index is 13.4. The van der Waals surface area contributed by atoms with Crippen molar-refractivity contribution in [2.75, 3.05) is 39.3 Å². The van der Waals surface area contributed by atoms with Gasteiger partial charge in [0.2, 0.25) is 11.2 Å². The number of aromatic nitrogens is 2. The van der Waals surface area contributed by atoms with Crippen molar-refractivity contribution >= 4 is 29.4 Å². The Bertz CT molecular complexity index is 927. The summed E-state index contributed by atoms with van der Waals surface area (Å²) in [5.74, 6) is 0.192. The van der Waals surface area contributed by atoms with Gasteiger partial charge in [0.15, 0.2) is 0 Å². The normalized spacial score (nSPS) is 24.4. The molecule has 11 heteroatoms. The molecule has 2 N–H and O–H groups in total. The largest absolute Gasteiger partial charge is 0.343 e. The van der Waals surface area contributed by atoms with Crippen LogP contribution >= 0.6 is 11.6 Å². The van der Waals surface area contributed by atoms with Crippen LogP contribution in [-0.4, -0.2) is 93.6 Å². The van der Waals surface area contributed by atoms with Crippen molar-refractivity contribution in [3.63, 3.8) is 0 Å². The Labute approximate surface area is 204 Å². The van der Waals surface area contributed by atoms with E-state index in [0.29, 0.717) is 25.6 Å². The average molecular weight is 492 g/mol. The van der Waals surface area contributed by atoms with E-state index in [1.54, 1.807) is 23.0 Å². The van der Waals surface area contributed by atoms with E-state index in [0.717, 1.165) is 58.2 Å². The van der Waals surface area contributed by atoms with E-state index in [1.807, 2.05) is 0 Å². The zero-order valence-corrected chi connectivity index (χ0v) is 20.5. The highest BCUT2D eigenvalue weighted by molar-refractivity contribution is 6.29. The summed E-state index contributed by atoms with van der Waals surface area (Å²) in [5.41, 5.74) is 3.17. The molecule has 34 heavy (non-hydrogen) atoms. The van der Waals surface area contributed by atoms with Crippen molar-refractivity contribution < 1.29 is 14.4 Å². The van der Waals surface area contributed by atoms with Crippen LogP contribution in [-0.2, 0) is 9.59 Å². The van der Waals surface area contributed by atoms with Crippen molar-refractivity contribution in [3.8, 4) is 0 Å². The van der Waals surface area contributed by atoms with Crippen LogP contribution < -0.4 is 10.7 Å². The Morgan fingerprint density at radius 2 is 1.88 bits per heavy atom. The van der Waals surface area contributed by atoms with Crippen LogP contribution in [0.4, 0.5) is 4.79 Å². The van der Waals surface area contributed by atoms with Gasteiger partial charge in [-0.05, 0) is 50.1 Å². The summed E-state index contributed by atoms with van der Waals surface area (Å²) >= 11 is 5.98. The van der Waals surface area contributed by atoms with Crippen LogP contribution in [0.25, 0.3) is 0 Å². The number of rotatable bonds is 5. The van der Waals surface area contributed by atoms with Crippen LogP contribution in [0.15, 0.2) is 12.4 Å². The molecule has 3 saturated heterocycles. The molecule has 2 unspecified atom stereocenters. The van der Waals surface area contributed by atoms with Crippen molar-refractivity contribution in [1.29, 1.82) is 0 Å². The van der Waals surface area contributed by atoms with Crippen molar-refractivity contribution in [2.24, 2.45) is 11.3 Å². The summed E-state index contributed by atoms with van der Waals surface area (Å²) in [6, 6.07) is -0.935. The number of nitrogens with one attached hydrogen (secondary N) is 2. The molecule has 2 atom stereocenters. The Kier molecular flexibility index (Phi) is 6.56. The predicted molar refractivity (Wildman–Crippen MR) is 126 cm³/mol. The number of carbonyl (C=O) groups excluding carboxylic acids is 3. The van der Waals surface area contributed by atoms with E-state index >= 15 is 0 Å².